The maximum Gasteiger partial charge on any atom is 0.410 e. The molecule has 152 valence electrons. The fourth-order valence-electron chi connectivity index (χ4n) is 3.00. The van der Waals surface area contributed by atoms with E-state index in [0.29, 0.717) is 36.8 Å². The van der Waals surface area contributed by atoms with Crippen molar-refractivity contribution in [2.24, 2.45) is 0 Å². The van der Waals surface area contributed by atoms with Gasteiger partial charge < -0.3 is 24.1 Å². The Balaban J connectivity index is 1.71. The third kappa shape index (κ3) is 4.71. The van der Waals surface area contributed by atoms with Gasteiger partial charge in [0.25, 0.3) is 5.56 Å². The fourth-order valence-corrected chi connectivity index (χ4v) is 3.00. The average molecular weight is 393 g/mol. The molecule has 2 aromatic rings. The number of halogens is 1. The molecule has 0 bridgehead atoms. The van der Waals surface area contributed by atoms with Crippen molar-refractivity contribution < 1.29 is 23.4 Å². The topological polar surface area (TPSA) is 93.8 Å². The van der Waals surface area contributed by atoms with Gasteiger partial charge in [-0.1, -0.05) is 0 Å². The summed E-state index contributed by atoms with van der Waals surface area (Å²) in [5.74, 6) is 0.460. The highest BCUT2D eigenvalue weighted by molar-refractivity contribution is 5.81. The molecule has 2 heterocycles. The zero-order valence-corrected chi connectivity index (χ0v) is 16.2. The van der Waals surface area contributed by atoms with Crippen LogP contribution in [0, 0.1) is 0 Å². The molecule has 1 saturated heterocycles. The molecule has 1 aliphatic heterocycles. The number of likely N-dealkylation sites (tertiary alicyclic amines) is 1. The van der Waals surface area contributed by atoms with E-state index in [1.165, 1.54) is 18.5 Å². The molecule has 8 nitrogen and oxygen atoms in total. The average Bonchev–Trinajstić information content (AvgIpc) is 2.62. The molecule has 0 atom stereocenters. The van der Waals surface area contributed by atoms with Gasteiger partial charge in [-0.05, 0) is 26.8 Å². The number of ether oxygens (including phenoxy) is 3. The zero-order chi connectivity index (χ0) is 20.3. The molecular weight excluding hydrogens is 369 g/mol. The number of carbonyl (C=O) groups excluding carboxylic acids is 1. The number of piperidine rings is 1. The van der Waals surface area contributed by atoms with Crippen LogP contribution in [0.2, 0.25) is 0 Å². The number of benzene rings is 1. The van der Waals surface area contributed by atoms with E-state index in [0.717, 1.165) is 0 Å². The maximum absolute atomic E-state index is 12.8. The highest BCUT2D eigenvalue weighted by Crippen LogP contribution is 2.33. The Bertz CT molecular complexity index is 901. The first-order valence-corrected chi connectivity index (χ1v) is 9.11. The first kappa shape index (κ1) is 19.9. The number of nitrogens with zero attached hydrogens (tertiary/aromatic N) is 2. The number of fused-ring (bicyclic) bond motifs is 1. The largest absolute Gasteiger partial charge is 0.486 e. The van der Waals surface area contributed by atoms with E-state index in [2.05, 4.69) is 9.97 Å². The summed E-state index contributed by atoms with van der Waals surface area (Å²) >= 11 is 0. The van der Waals surface area contributed by atoms with E-state index in [-0.39, 0.29) is 29.3 Å². The first-order chi connectivity index (χ1) is 13.3. The van der Waals surface area contributed by atoms with Crippen molar-refractivity contribution in [2.75, 3.05) is 20.0 Å². The molecule has 1 aliphatic rings. The Morgan fingerprint density at radius 2 is 2.00 bits per heavy atom. The van der Waals surface area contributed by atoms with Gasteiger partial charge in [0, 0.05) is 32.0 Å². The van der Waals surface area contributed by atoms with Crippen LogP contribution in [0.4, 0.5) is 9.18 Å². The summed E-state index contributed by atoms with van der Waals surface area (Å²) in [6.07, 6.45) is 1.88. The van der Waals surface area contributed by atoms with Gasteiger partial charge in [-0.15, -0.1) is 0 Å². The summed E-state index contributed by atoms with van der Waals surface area (Å²) in [6.45, 7) is 5.40. The van der Waals surface area contributed by atoms with Crippen LogP contribution in [0.25, 0.3) is 10.9 Å². The minimum absolute atomic E-state index is 0.183. The second-order valence-corrected chi connectivity index (χ2v) is 7.59. The van der Waals surface area contributed by atoms with Crippen LogP contribution in [-0.4, -0.2) is 52.6 Å². The van der Waals surface area contributed by atoms with Crippen LogP contribution in [0.5, 0.6) is 11.5 Å². The predicted molar refractivity (Wildman–Crippen MR) is 100 cm³/mol. The van der Waals surface area contributed by atoms with E-state index in [1.54, 1.807) is 4.90 Å². The highest BCUT2D eigenvalue weighted by Gasteiger charge is 2.28. The second-order valence-electron chi connectivity index (χ2n) is 7.59. The number of aromatic nitrogens is 2. The van der Waals surface area contributed by atoms with Crippen LogP contribution < -0.4 is 15.0 Å². The number of aromatic amines is 1. The molecule has 28 heavy (non-hydrogen) atoms. The Kier molecular flexibility index (Phi) is 5.71. The number of alkyl halides is 1. The van der Waals surface area contributed by atoms with Gasteiger partial charge in [-0.3, -0.25) is 4.79 Å². The molecule has 0 saturated carbocycles. The summed E-state index contributed by atoms with van der Waals surface area (Å²) in [5, 5.41) is 0.329. The lowest BCUT2D eigenvalue weighted by Crippen LogP contribution is -2.44. The normalized spacial score (nSPS) is 15.5. The number of nitrogens with one attached hydrogen (secondary N) is 1. The number of hydrogen-bond donors (Lipinski definition) is 1. The van der Waals surface area contributed by atoms with Gasteiger partial charge in [0.05, 0.1) is 17.2 Å². The van der Waals surface area contributed by atoms with Crippen molar-refractivity contribution in [1.29, 1.82) is 0 Å². The quantitative estimate of drug-likeness (QED) is 0.858. The summed E-state index contributed by atoms with van der Waals surface area (Å²) in [7, 11) is 0. The van der Waals surface area contributed by atoms with Crippen LogP contribution in [0.15, 0.2) is 23.3 Å². The third-order valence-corrected chi connectivity index (χ3v) is 4.30. The smallest absolute Gasteiger partial charge is 0.410 e. The number of carbonyl (C=O) groups is 1. The predicted octanol–water partition coefficient (Wildman–Crippen LogP) is 3.01. The monoisotopic (exact) mass is 393 g/mol. The van der Waals surface area contributed by atoms with Crippen LogP contribution in [-0.2, 0) is 4.74 Å². The summed E-state index contributed by atoms with van der Waals surface area (Å²) in [4.78, 5) is 32.4. The van der Waals surface area contributed by atoms with Crippen LogP contribution in [0.1, 0.15) is 33.6 Å². The van der Waals surface area contributed by atoms with Crippen molar-refractivity contribution in [2.45, 2.75) is 45.3 Å². The van der Waals surface area contributed by atoms with E-state index >= 15 is 0 Å². The fraction of sp³-hybridized carbons (Fsp3) is 0.526. The first-order valence-electron chi connectivity index (χ1n) is 9.11. The van der Waals surface area contributed by atoms with Crippen molar-refractivity contribution in [3.05, 3.63) is 28.8 Å². The number of H-pyrrole nitrogens is 1. The van der Waals surface area contributed by atoms with Crippen molar-refractivity contribution in [3.63, 3.8) is 0 Å². The molecule has 1 amide bonds. The molecule has 0 radical (unpaired) electrons. The zero-order valence-electron chi connectivity index (χ0n) is 16.2. The van der Waals surface area contributed by atoms with Gasteiger partial charge in [0.1, 0.15) is 11.7 Å². The highest BCUT2D eigenvalue weighted by atomic mass is 19.1. The Morgan fingerprint density at radius 1 is 1.29 bits per heavy atom. The van der Waals surface area contributed by atoms with Crippen LogP contribution in [0.3, 0.4) is 0 Å². The Morgan fingerprint density at radius 3 is 2.64 bits per heavy atom. The van der Waals surface area contributed by atoms with E-state index in [1.807, 2.05) is 20.8 Å². The minimum atomic E-state index is -1.03. The molecule has 1 aromatic carbocycles. The summed E-state index contributed by atoms with van der Waals surface area (Å²) in [6, 6.07) is 2.99. The molecule has 1 N–H and O–H groups in total. The molecule has 3 rings (SSSR count). The van der Waals surface area contributed by atoms with Crippen LogP contribution >= 0.6 is 0 Å². The Labute approximate surface area is 161 Å². The SMILES string of the molecule is CC(C)(C)OC(=O)N1CCC(Oc2cc3c(=O)[nH]cnc3cc2OCF)CC1. The number of rotatable bonds is 4. The Hall–Kier alpha value is -2.84. The molecular formula is C19H24FN3O5. The molecule has 1 fully saturated rings. The minimum Gasteiger partial charge on any atom is -0.486 e. The second kappa shape index (κ2) is 8.04. The van der Waals surface area contributed by atoms with Gasteiger partial charge in [-0.2, -0.15) is 0 Å². The summed E-state index contributed by atoms with van der Waals surface area (Å²) < 4.78 is 29.1. The lowest BCUT2D eigenvalue weighted by Gasteiger charge is -2.33. The van der Waals surface area contributed by atoms with Crippen molar-refractivity contribution in [1.82, 2.24) is 14.9 Å². The van der Waals surface area contributed by atoms with E-state index < -0.39 is 12.5 Å². The van der Waals surface area contributed by atoms with E-state index in [9.17, 15) is 14.0 Å². The maximum atomic E-state index is 12.8. The lowest BCUT2D eigenvalue weighted by atomic mass is 10.1. The van der Waals surface area contributed by atoms with Gasteiger partial charge in [0.15, 0.2) is 11.5 Å². The van der Waals surface area contributed by atoms with E-state index in [4.69, 9.17) is 14.2 Å². The third-order valence-electron chi connectivity index (χ3n) is 4.30. The standard InChI is InChI=1S/C19H24FN3O5/c1-19(2,3)28-18(25)23-6-4-12(5-7-23)27-16-8-13-14(9-15(16)26-10-20)21-11-22-17(13)24/h8-9,11-12H,4-7,10H2,1-3H3,(H,21,22,24). The molecule has 0 aliphatic carbocycles. The number of hydrogen-bond acceptors (Lipinski definition) is 6. The van der Waals surface area contributed by atoms with Gasteiger partial charge >= 0.3 is 6.09 Å². The molecule has 1 aromatic heterocycles. The summed E-state index contributed by atoms with van der Waals surface area (Å²) in [5.41, 5.74) is -0.476. The van der Waals surface area contributed by atoms with Gasteiger partial charge in [-0.25, -0.2) is 14.2 Å². The lowest BCUT2D eigenvalue weighted by molar-refractivity contribution is 0.0122. The molecule has 0 unspecified atom stereocenters. The van der Waals surface area contributed by atoms with Crippen molar-refractivity contribution >= 4 is 17.0 Å². The molecule has 0 spiro atoms. The van der Waals surface area contributed by atoms with Crippen molar-refractivity contribution in [3.8, 4) is 11.5 Å². The molecule has 9 heteroatoms. The van der Waals surface area contributed by atoms with Gasteiger partial charge in [0.2, 0.25) is 6.86 Å². The number of amides is 1.